The van der Waals surface area contributed by atoms with E-state index in [1.807, 2.05) is 12.1 Å². The van der Waals surface area contributed by atoms with Crippen LogP contribution in [0.1, 0.15) is 0 Å². The molecule has 4 rings (SSSR count). The Hall–Kier alpha value is -3.69. The zero-order valence-corrected chi connectivity index (χ0v) is 11.5. The van der Waals surface area contributed by atoms with E-state index in [9.17, 15) is 9.59 Å². The normalized spacial score (nSPS) is 11.0. The summed E-state index contributed by atoms with van der Waals surface area (Å²) in [5, 5.41) is 17.0. The number of anilines is 2. The second-order valence-electron chi connectivity index (χ2n) is 4.72. The van der Waals surface area contributed by atoms with Gasteiger partial charge in [0.05, 0.1) is 11.9 Å². The quantitative estimate of drug-likeness (QED) is 0.436. The summed E-state index contributed by atoms with van der Waals surface area (Å²) in [7, 11) is 0. The maximum Gasteiger partial charge on any atom is 0.328 e. The van der Waals surface area contributed by atoms with E-state index < -0.39 is 11.2 Å². The average Bonchev–Trinajstić information content (AvgIpc) is 3.18. The highest BCUT2D eigenvalue weighted by Crippen LogP contribution is 2.23. The van der Waals surface area contributed by atoms with Crippen LogP contribution in [0.2, 0.25) is 0 Å². The molecule has 0 saturated carbocycles. The number of fused-ring (bicyclic) bond motifs is 1. The molecule has 0 saturated heterocycles. The highest BCUT2D eigenvalue weighted by molar-refractivity contribution is 5.86. The van der Waals surface area contributed by atoms with E-state index in [0.717, 1.165) is 11.3 Å². The second kappa shape index (κ2) is 4.94. The Morgan fingerprint density at radius 2 is 1.91 bits per heavy atom. The van der Waals surface area contributed by atoms with Crippen LogP contribution in [0.5, 0.6) is 0 Å². The fourth-order valence-corrected chi connectivity index (χ4v) is 2.18. The molecule has 23 heavy (non-hydrogen) atoms. The van der Waals surface area contributed by atoms with Crippen LogP contribution in [0.15, 0.2) is 44.6 Å². The van der Waals surface area contributed by atoms with Crippen molar-refractivity contribution in [2.45, 2.75) is 0 Å². The average molecular weight is 311 g/mol. The van der Waals surface area contributed by atoms with E-state index >= 15 is 0 Å². The number of hydrogen-bond donors (Lipinski definition) is 4. The van der Waals surface area contributed by atoms with Crippen LogP contribution < -0.4 is 16.6 Å². The summed E-state index contributed by atoms with van der Waals surface area (Å²) in [5.74, 6) is 0.216. The van der Waals surface area contributed by atoms with E-state index in [1.165, 1.54) is 0 Å². The van der Waals surface area contributed by atoms with Crippen LogP contribution in [-0.4, -0.2) is 30.5 Å². The number of aromatic nitrogens is 6. The topological polar surface area (TPSA) is 145 Å². The van der Waals surface area contributed by atoms with Crippen molar-refractivity contribution in [1.29, 1.82) is 0 Å². The van der Waals surface area contributed by atoms with Gasteiger partial charge in [-0.3, -0.25) is 19.9 Å². The van der Waals surface area contributed by atoms with E-state index in [4.69, 9.17) is 4.52 Å². The number of benzene rings is 1. The molecule has 0 aliphatic rings. The number of aromatic amines is 3. The Kier molecular flexibility index (Phi) is 2.80. The third kappa shape index (κ3) is 2.27. The molecule has 0 aliphatic heterocycles. The Morgan fingerprint density at radius 3 is 2.65 bits per heavy atom. The summed E-state index contributed by atoms with van der Waals surface area (Å²) in [6.45, 7) is 0. The zero-order valence-electron chi connectivity index (χ0n) is 11.5. The minimum Gasteiger partial charge on any atom is -0.337 e. The molecule has 0 aliphatic carbocycles. The molecule has 0 radical (unpaired) electrons. The van der Waals surface area contributed by atoms with E-state index in [2.05, 4.69) is 35.9 Å². The highest BCUT2D eigenvalue weighted by atomic mass is 16.5. The lowest BCUT2D eigenvalue weighted by Gasteiger charge is -2.03. The monoisotopic (exact) mass is 311 g/mol. The van der Waals surface area contributed by atoms with Crippen molar-refractivity contribution in [2.75, 3.05) is 5.32 Å². The van der Waals surface area contributed by atoms with E-state index in [1.54, 1.807) is 18.3 Å². The lowest BCUT2D eigenvalue weighted by atomic mass is 10.1. The first-order valence-corrected chi connectivity index (χ1v) is 6.56. The standard InChI is InChI=1S/C13H9N7O3/c21-11-9-10(19-23-12(9)17-13(22)16-11)15-7-3-1-6(2-4-7)8-5-14-20-18-8/h1-5H,(H,15,19)(H,14,18,20)(H2,16,17,21,22). The molecule has 10 nitrogen and oxygen atoms in total. The number of rotatable bonds is 3. The molecule has 114 valence electrons. The van der Waals surface area contributed by atoms with Crippen molar-refractivity contribution >= 4 is 22.6 Å². The molecule has 0 unspecified atom stereocenters. The minimum absolute atomic E-state index is 0.0152. The van der Waals surface area contributed by atoms with Crippen molar-refractivity contribution in [3.63, 3.8) is 0 Å². The smallest absolute Gasteiger partial charge is 0.328 e. The molecule has 0 fully saturated rings. The van der Waals surface area contributed by atoms with Gasteiger partial charge in [-0.25, -0.2) is 4.79 Å². The van der Waals surface area contributed by atoms with Gasteiger partial charge >= 0.3 is 5.69 Å². The van der Waals surface area contributed by atoms with Crippen molar-refractivity contribution < 1.29 is 4.52 Å². The summed E-state index contributed by atoms with van der Waals surface area (Å²) < 4.78 is 4.96. The van der Waals surface area contributed by atoms with Gasteiger partial charge in [0.2, 0.25) is 5.71 Å². The van der Waals surface area contributed by atoms with Gasteiger partial charge in [-0.1, -0.05) is 22.5 Å². The first-order valence-electron chi connectivity index (χ1n) is 6.56. The minimum atomic E-state index is -0.650. The van der Waals surface area contributed by atoms with Gasteiger partial charge < -0.3 is 9.84 Å². The first kappa shape index (κ1) is 13.0. The Morgan fingerprint density at radius 1 is 1.09 bits per heavy atom. The molecule has 0 amide bonds. The SMILES string of the molecule is O=c1[nH]c(=O)c2c(Nc3ccc(-c4cnn[nH]4)cc3)noc2[nH]1. The van der Waals surface area contributed by atoms with Gasteiger partial charge in [0.15, 0.2) is 5.82 Å². The lowest BCUT2D eigenvalue weighted by molar-refractivity contribution is 0.451. The highest BCUT2D eigenvalue weighted by Gasteiger charge is 2.13. The third-order valence-corrected chi connectivity index (χ3v) is 3.25. The molecular formula is C13H9N7O3. The molecule has 1 aromatic carbocycles. The molecule has 0 spiro atoms. The summed E-state index contributed by atoms with van der Waals surface area (Å²) in [6, 6.07) is 7.31. The Balaban J connectivity index is 1.68. The molecule has 4 aromatic rings. The zero-order chi connectivity index (χ0) is 15.8. The van der Waals surface area contributed by atoms with Crippen molar-refractivity contribution in [2.24, 2.45) is 0 Å². The van der Waals surface area contributed by atoms with Crippen molar-refractivity contribution in [3.8, 4) is 11.3 Å². The van der Waals surface area contributed by atoms with Crippen LogP contribution in [0, 0.1) is 0 Å². The first-order chi connectivity index (χ1) is 11.2. The molecule has 10 heteroatoms. The molecule has 3 heterocycles. The number of hydrogen-bond acceptors (Lipinski definition) is 7. The van der Waals surface area contributed by atoms with Crippen LogP contribution in [0.4, 0.5) is 11.5 Å². The van der Waals surface area contributed by atoms with E-state index in [-0.39, 0.29) is 16.9 Å². The van der Waals surface area contributed by atoms with Gasteiger partial charge in [0, 0.05) is 11.3 Å². The molecular weight excluding hydrogens is 302 g/mol. The van der Waals surface area contributed by atoms with Crippen LogP contribution in [0.3, 0.4) is 0 Å². The fraction of sp³-hybridized carbons (Fsp3) is 0. The van der Waals surface area contributed by atoms with Crippen LogP contribution >= 0.6 is 0 Å². The molecule has 4 N–H and O–H groups in total. The summed E-state index contributed by atoms with van der Waals surface area (Å²) >= 11 is 0. The second-order valence-corrected chi connectivity index (χ2v) is 4.72. The summed E-state index contributed by atoms with van der Waals surface area (Å²) in [6.07, 6.45) is 1.61. The van der Waals surface area contributed by atoms with Gasteiger partial charge in [-0.15, -0.1) is 5.10 Å². The molecule has 0 atom stereocenters. The number of nitrogens with one attached hydrogen (secondary N) is 4. The molecule has 0 bridgehead atoms. The Labute approximate surface area is 126 Å². The van der Waals surface area contributed by atoms with Gasteiger partial charge in [0.25, 0.3) is 5.56 Å². The number of nitrogens with zero attached hydrogens (tertiary/aromatic N) is 3. The maximum atomic E-state index is 11.8. The van der Waals surface area contributed by atoms with Crippen molar-refractivity contribution in [3.05, 3.63) is 51.3 Å². The number of H-pyrrole nitrogens is 3. The lowest BCUT2D eigenvalue weighted by Crippen LogP contribution is -2.21. The van der Waals surface area contributed by atoms with Gasteiger partial charge in [-0.2, -0.15) is 0 Å². The third-order valence-electron chi connectivity index (χ3n) is 3.25. The maximum absolute atomic E-state index is 11.8. The van der Waals surface area contributed by atoms with Crippen LogP contribution in [0.25, 0.3) is 22.4 Å². The predicted molar refractivity (Wildman–Crippen MR) is 80.4 cm³/mol. The van der Waals surface area contributed by atoms with Crippen molar-refractivity contribution in [1.82, 2.24) is 30.5 Å². The fourth-order valence-electron chi connectivity index (χ4n) is 2.18. The van der Waals surface area contributed by atoms with Gasteiger partial charge in [-0.05, 0) is 12.1 Å². The molecule has 3 aromatic heterocycles. The summed E-state index contributed by atoms with van der Waals surface area (Å²) in [5.41, 5.74) is 1.18. The summed E-state index contributed by atoms with van der Waals surface area (Å²) in [4.78, 5) is 27.5. The largest absolute Gasteiger partial charge is 0.337 e. The Bertz CT molecular complexity index is 1070. The van der Waals surface area contributed by atoms with Crippen LogP contribution in [-0.2, 0) is 0 Å². The van der Waals surface area contributed by atoms with Gasteiger partial charge in [0.1, 0.15) is 5.39 Å². The predicted octanol–water partition coefficient (Wildman–Crippen LogP) is 0.733. The van der Waals surface area contributed by atoms with E-state index in [0.29, 0.717) is 5.69 Å².